The summed E-state index contributed by atoms with van der Waals surface area (Å²) >= 11 is 5.93. The minimum Gasteiger partial charge on any atom is -0.481 e. The lowest BCUT2D eigenvalue weighted by molar-refractivity contribution is -0.154. The number of carbonyl (C=O) groups is 1. The molecule has 0 aliphatic heterocycles. The van der Waals surface area contributed by atoms with Gasteiger partial charge in [0.05, 0.1) is 5.41 Å². The molecule has 2 nitrogen and oxygen atoms in total. The van der Waals surface area contributed by atoms with E-state index in [1.54, 1.807) is 0 Å². The zero-order chi connectivity index (χ0) is 11.8. The molecular formula is C12H12ClFO2. The summed E-state index contributed by atoms with van der Waals surface area (Å²) < 4.78 is 13.0. The summed E-state index contributed by atoms with van der Waals surface area (Å²) in [7, 11) is 0. The van der Waals surface area contributed by atoms with Gasteiger partial charge in [0.1, 0.15) is 5.82 Å². The third-order valence-electron chi connectivity index (χ3n) is 3.30. The highest BCUT2D eigenvalue weighted by Gasteiger charge is 2.44. The molecule has 1 aliphatic rings. The van der Waals surface area contributed by atoms with Crippen LogP contribution in [0.3, 0.4) is 0 Å². The van der Waals surface area contributed by atoms with Gasteiger partial charge in [-0.1, -0.05) is 18.0 Å². The van der Waals surface area contributed by atoms with Crippen LogP contribution in [0.25, 0.3) is 0 Å². The number of halogens is 2. The average Bonchev–Trinajstić information content (AvgIpc) is 2.16. The van der Waals surface area contributed by atoms with Crippen molar-refractivity contribution < 1.29 is 14.3 Å². The number of hydrogen-bond acceptors (Lipinski definition) is 1. The maximum absolute atomic E-state index is 13.0. The Balaban J connectivity index is 2.26. The molecular weight excluding hydrogens is 231 g/mol. The van der Waals surface area contributed by atoms with Gasteiger partial charge in [-0.3, -0.25) is 4.79 Å². The predicted octanol–water partition coefficient (Wildman–Crippen LogP) is 3.28. The first-order valence-corrected chi connectivity index (χ1v) is 5.59. The Kier molecular flexibility index (Phi) is 2.89. The molecule has 0 spiro atoms. The summed E-state index contributed by atoms with van der Waals surface area (Å²) in [5.41, 5.74) is -0.138. The molecule has 2 rings (SSSR count). The normalized spacial score (nSPS) is 17.9. The zero-order valence-corrected chi connectivity index (χ0v) is 9.43. The van der Waals surface area contributed by atoms with Crippen molar-refractivity contribution >= 4 is 17.6 Å². The highest BCUT2D eigenvalue weighted by molar-refractivity contribution is 6.31. The van der Waals surface area contributed by atoms with Crippen LogP contribution in [0.15, 0.2) is 18.2 Å². The van der Waals surface area contributed by atoms with Gasteiger partial charge in [0.2, 0.25) is 0 Å². The van der Waals surface area contributed by atoms with Crippen LogP contribution in [0.5, 0.6) is 0 Å². The van der Waals surface area contributed by atoms with Gasteiger partial charge in [0, 0.05) is 5.02 Å². The number of carboxylic acid groups (broad SMARTS) is 1. The molecule has 0 unspecified atom stereocenters. The van der Waals surface area contributed by atoms with E-state index >= 15 is 0 Å². The molecule has 86 valence electrons. The monoisotopic (exact) mass is 242 g/mol. The van der Waals surface area contributed by atoms with Gasteiger partial charge in [-0.15, -0.1) is 0 Å². The molecule has 1 aromatic carbocycles. The summed E-state index contributed by atoms with van der Waals surface area (Å²) in [5.74, 6) is -1.18. The molecule has 1 fully saturated rings. The van der Waals surface area contributed by atoms with E-state index in [9.17, 15) is 9.18 Å². The molecule has 4 heteroatoms. The molecule has 1 N–H and O–H groups in total. The molecule has 0 radical (unpaired) electrons. The largest absolute Gasteiger partial charge is 0.481 e. The highest BCUT2D eigenvalue weighted by atomic mass is 35.5. The standard InChI is InChI=1S/C12H12ClFO2/c13-10-3-2-9(14)6-8(10)7-12(11(15)16)4-1-5-12/h2-3,6H,1,4-5,7H2,(H,15,16). The fourth-order valence-electron chi connectivity index (χ4n) is 2.11. The van der Waals surface area contributed by atoms with E-state index in [-0.39, 0.29) is 5.82 Å². The Bertz CT molecular complexity index is 427. The van der Waals surface area contributed by atoms with Gasteiger partial charge in [0.25, 0.3) is 0 Å². The predicted molar refractivity (Wildman–Crippen MR) is 59.0 cm³/mol. The van der Waals surface area contributed by atoms with E-state index in [1.165, 1.54) is 18.2 Å². The van der Waals surface area contributed by atoms with Gasteiger partial charge < -0.3 is 5.11 Å². The molecule has 0 amide bonds. The third-order valence-corrected chi connectivity index (χ3v) is 3.67. The molecule has 0 heterocycles. The zero-order valence-electron chi connectivity index (χ0n) is 8.67. The molecule has 1 aromatic rings. The van der Waals surface area contributed by atoms with E-state index in [0.29, 0.717) is 29.8 Å². The number of carboxylic acids is 1. The van der Waals surface area contributed by atoms with E-state index < -0.39 is 11.4 Å². The molecule has 0 bridgehead atoms. The second kappa shape index (κ2) is 4.06. The van der Waals surface area contributed by atoms with Crippen molar-refractivity contribution in [2.24, 2.45) is 5.41 Å². The summed E-state index contributed by atoms with van der Waals surface area (Å²) in [5, 5.41) is 9.61. The van der Waals surface area contributed by atoms with Crippen molar-refractivity contribution in [2.75, 3.05) is 0 Å². The molecule has 0 saturated heterocycles. The first-order valence-electron chi connectivity index (χ1n) is 5.21. The van der Waals surface area contributed by atoms with Crippen LogP contribution in [-0.4, -0.2) is 11.1 Å². The smallest absolute Gasteiger partial charge is 0.309 e. The maximum Gasteiger partial charge on any atom is 0.309 e. The molecule has 1 saturated carbocycles. The number of rotatable bonds is 3. The lowest BCUT2D eigenvalue weighted by Crippen LogP contribution is -2.39. The second-order valence-electron chi connectivity index (χ2n) is 4.35. The number of hydrogen-bond donors (Lipinski definition) is 1. The van der Waals surface area contributed by atoms with Crippen LogP contribution in [0.2, 0.25) is 5.02 Å². The van der Waals surface area contributed by atoms with Crippen molar-refractivity contribution in [3.05, 3.63) is 34.6 Å². The first kappa shape index (κ1) is 11.4. The summed E-state index contributed by atoms with van der Waals surface area (Å²) in [6, 6.07) is 4.08. The topological polar surface area (TPSA) is 37.3 Å². The quantitative estimate of drug-likeness (QED) is 0.883. The lowest BCUT2D eigenvalue weighted by Gasteiger charge is -2.37. The minimum atomic E-state index is -0.806. The lowest BCUT2D eigenvalue weighted by atomic mass is 9.65. The summed E-state index contributed by atoms with van der Waals surface area (Å²) in [6.45, 7) is 0. The average molecular weight is 243 g/mol. The van der Waals surface area contributed by atoms with Crippen molar-refractivity contribution in [3.8, 4) is 0 Å². The van der Waals surface area contributed by atoms with Gasteiger partial charge in [-0.05, 0) is 43.0 Å². The Morgan fingerprint density at radius 3 is 2.69 bits per heavy atom. The van der Waals surface area contributed by atoms with Gasteiger partial charge in [0.15, 0.2) is 0 Å². The minimum absolute atomic E-state index is 0.318. The summed E-state index contributed by atoms with van der Waals surface area (Å²) in [4.78, 5) is 11.2. The van der Waals surface area contributed by atoms with Crippen molar-refractivity contribution in [1.29, 1.82) is 0 Å². The van der Waals surface area contributed by atoms with Crippen LogP contribution >= 0.6 is 11.6 Å². The number of aliphatic carboxylic acids is 1. The van der Waals surface area contributed by atoms with Crippen LogP contribution in [-0.2, 0) is 11.2 Å². The highest BCUT2D eigenvalue weighted by Crippen LogP contribution is 2.44. The van der Waals surface area contributed by atoms with E-state index in [1.807, 2.05) is 0 Å². The summed E-state index contributed by atoms with van der Waals surface area (Å²) in [6.07, 6.45) is 2.53. The first-order chi connectivity index (χ1) is 7.53. The second-order valence-corrected chi connectivity index (χ2v) is 4.76. The van der Waals surface area contributed by atoms with E-state index in [0.717, 1.165) is 6.42 Å². The fourth-order valence-corrected chi connectivity index (χ4v) is 2.30. The van der Waals surface area contributed by atoms with E-state index in [4.69, 9.17) is 16.7 Å². The third kappa shape index (κ3) is 1.92. The maximum atomic E-state index is 13.0. The van der Waals surface area contributed by atoms with Crippen molar-refractivity contribution in [3.63, 3.8) is 0 Å². The Morgan fingerprint density at radius 2 is 2.19 bits per heavy atom. The molecule has 0 aromatic heterocycles. The Morgan fingerprint density at radius 1 is 1.50 bits per heavy atom. The Hall–Kier alpha value is -1.09. The van der Waals surface area contributed by atoms with Crippen molar-refractivity contribution in [1.82, 2.24) is 0 Å². The van der Waals surface area contributed by atoms with E-state index in [2.05, 4.69) is 0 Å². The molecule has 0 atom stereocenters. The van der Waals surface area contributed by atoms with Crippen LogP contribution < -0.4 is 0 Å². The fraction of sp³-hybridized carbons (Fsp3) is 0.417. The van der Waals surface area contributed by atoms with Crippen LogP contribution in [0.1, 0.15) is 24.8 Å². The SMILES string of the molecule is O=C(O)C1(Cc2cc(F)ccc2Cl)CCC1. The Labute approximate surface area is 98.0 Å². The molecule has 16 heavy (non-hydrogen) atoms. The van der Waals surface area contributed by atoms with Crippen LogP contribution in [0, 0.1) is 11.2 Å². The molecule has 1 aliphatic carbocycles. The van der Waals surface area contributed by atoms with Gasteiger partial charge in [-0.25, -0.2) is 4.39 Å². The van der Waals surface area contributed by atoms with Crippen LogP contribution in [0.4, 0.5) is 4.39 Å². The van der Waals surface area contributed by atoms with Gasteiger partial charge in [-0.2, -0.15) is 0 Å². The van der Waals surface area contributed by atoms with Gasteiger partial charge >= 0.3 is 5.97 Å². The van der Waals surface area contributed by atoms with Crippen molar-refractivity contribution in [2.45, 2.75) is 25.7 Å². The number of benzene rings is 1.